The van der Waals surface area contributed by atoms with Gasteiger partial charge in [0.1, 0.15) is 6.54 Å². The molecule has 1 aromatic carbocycles. The van der Waals surface area contributed by atoms with Gasteiger partial charge in [-0.05, 0) is 36.6 Å². The highest BCUT2D eigenvalue weighted by Crippen LogP contribution is 2.14. The minimum atomic E-state index is -0.313. The third-order valence-corrected chi connectivity index (χ3v) is 5.57. The van der Waals surface area contributed by atoms with Gasteiger partial charge in [0.15, 0.2) is 0 Å². The van der Waals surface area contributed by atoms with Crippen LogP contribution in [0.2, 0.25) is 0 Å². The molecule has 0 fully saturated rings. The molecule has 0 unspecified atom stereocenters. The lowest BCUT2D eigenvalue weighted by molar-refractivity contribution is -0.136. The lowest BCUT2D eigenvalue weighted by atomic mass is 10.2. The van der Waals surface area contributed by atoms with Crippen molar-refractivity contribution in [3.05, 3.63) is 61.7 Å². The first kappa shape index (κ1) is 20.2. The van der Waals surface area contributed by atoms with Gasteiger partial charge in [0, 0.05) is 15.9 Å². The molecule has 7 nitrogen and oxygen atoms in total. The van der Waals surface area contributed by atoms with Gasteiger partial charge in [-0.25, -0.2) is 4.98 Å². The lowest BCUT2D eigenvalue weighted by Gasteiger charge is -2.20. The number of aromatic nitrogens is 2. The van der Waals surface area contributed by atoms with E-state index in [2.05, 4.69) is 26.2 Å². The third kappa shape index (κ3) is 4.85. The van der Waals surface area contributed by atoms with Crippen LogP contribution in [0.15, 0.2) is 51.3 Å². The largest absolute Gasteiger partial charge is 0.350 e. The number of nitrogens with one attached hydrogen (secondary N) is 1. The van der Waals surface area contributed by atoms with Crippen LogP contribution in [0.25, 0.3) is 10.9 Å². The number of rotatable bonds is 7. The van der Waals surface area contributed by atoms with Gasteiger partial charge in [-0.3, -0.25) is 19.0 Å². The standard InChI is InChI=1S/C19H19BrN4O3S/c1-2-23(10-17(25)21-9-14-4-3-7-28-14)18(26)11-24-12-22-16-6-5-13(20)8-15(16)19(24)27/h3-8,12H,2,9-11H2,1H3,(H,21,25). The lowest BCUT2D eigenvalue weighted by Crippen LogP contribution is -2.42. The van der Waals surface area contributed by atoms with E-state index in [1.165, 1.54) is 15.8 Å². The molecule has 146 valence electrons. The first-order chi connectivity index (χ1) is 13.5. The van der Waals surface area contributed by atoms with Crippen molar-refractivity contribution in [2.45, 2.75) is 20.0 Å². The zero-order chi connectivity index (χ0) is 20.1. The monoisotopic (exact) mass is 462 g/mol. The summed E-state index contributed by atoms with van der Waals surface area (Å²) in [7, 11) is 0. The van der Waals surface area contributed by atoms with E-state index in [0.29, 0.717) is 24.0 Å². The van der Waals surface area contributed by atoms with Gasteiger partial charge < -0.3 is 10.2 Å². The highest BCUT2D eigenvalue weighted by molar-refractivity contribution is 9.10. The van der Waals surface area contributed by atoms with E-state index in [4.69, 9.17) is 0 Å². The molecule has 0 spiro atoms. The number of fused-ring (bicyclic) bond motifs is 1. The molecule has 2 aromatic heterocycles. The summed E-state index contributed by atoms with van der Waals surface area (Å²) in [6.07, 6.45) is 1.36. The zero-order valence-corrected chi connectivity index (χ0v) is 17.6. The molecule has 1 N–H and O–H groups in total. The van der Waals surface area contributed by atoms with Crippen LogP contribution in [0, 0.1) is 0 Å². The number of benzene rings is 1. The van der Waals surface area contributed by atoms with Crippen LogP contribution in [0.1, 0.15) is 11.8 Å². The van der Waals surface area contributed by atoms with Crippen LogP contribution in [-0.2, 0) is 22.7 Å². The number of hydrogen-bond donors (Lipinski definition) is 1. The Labute approximate surface area is 174 Å². The number of hydrogen-bond acceptors (Lipinski definition) is 5. The van der Waals surface area contributed by atoms with Crippen molar-refractivity contribution in [3.63, 3.8) is 0 Å². The summed E-state index contributed by atoms with van der Waals surface area (Å²) in [6, 6.07) is 9.08. The number of carbonyl (C=O) groups excluding carboxylic acids is 2. The highest BCUT2D eigenvalue weighted by Gasteiger charge is 2.17. The molecule has 0 saturated carbocycles. The van der Waals surface area contributed by atoms with E-state index in [1.54, 1.807) is 36.5 Å². The fourth-order valence-corrected chi connectivity index (χ4v) is 3.70. The Bertz CT molecular complexity index is 1050. The molecule has 0 radical (unpaired) electrons. The number of nitrogens with zero attached hydrogens (tertiary/aromatic N) is 3. The van der Waals surface area contributed by atoms with Gasteiger partial charge in [0.25, 0.3) is 5.56 Å². The van der Waals surface area contributed by atoms with E-state index in [0.717, 1.165) is 9.35 Å². The van der Waals surface area contributed by atoms with Crippen molar-refractivity contribution in [2.24, 2.45) is 0 Å². The second-order valence-electron chi connectivity index (χ2n) is 6.10. The van der Waals surface area contributed by atoms with Crippen molar-refractivity contribution >= 4 is 50.0 Å². The van der Waals surface area contributed by atoms with Crippen molar-refractivity contribution in [2.75, 3.05) is 13.1 Å². The maximum Gasteiger partial charge on any atom is 0.261 e. The molecule has 0 bridgehead atoms. The minimum Gasteiger partial charge on any atom is -0.350 e. The topological polar surface area (TPSA) is 84.3 Å². The molecule has 2 amide bonds. The molecule has 0 aliphatic heterocycles. The highest BCUT2D eigenvalue weighted by atomic mass is 79.9. The van der Waals surface area contributed by atoms with E-state index in [-0.39, 0.29) is 30.5 Å². The predicted molar refractivity (Wildman–Crippen MR) is 112 cm³/mol. The van der Waals surface area contributed by atoms with Crippen molar-refractivity contribution in [3.8, 4) is 0 Å². The van der Waals surface area contributed by atoms with Crippen molar-refractivity contribution in [1.82, 2.24) is 19.8 Å². The second-order valence-corrected chi connectivity index (χ2v) is 8.05. The molecule has 3 aromatic rings. The molecule has 0 aliphatic carbocycles. The molecule has 28 heavy (non-hydrogen) atoms. The summed E-state index contributed by atoms with van der Waals surface area (Å²) in [5, 5.41) is 5.18. The smallest absolute Gasteiger partial charge is 0.261 e. The molecular weight excluding hydrogens is 444 g/mol. The van der Waals surface area contributed by atoms with Crippen LogP contribution >= 0.6 is 27.3 Å². The molecule has 0 atom stereocenters. The number of carbonyl (C=O) groups is 2. The van der Waals surface area contributed by atoms with Gasteiger partial charge in [0.2, 0.25) is 11.8 Å². The molecule has 2 heterocycles. The fraction of sp³-hybridized carbons (Fsp3) is 0.263. The van der Waals surface area contributed by atoms with Crippen molar-refractivity contribution in [1.29, 1.82) is 0 Å². The molecule has 9 heteroatoms. The number of halogens is 1. The Hall–Kier alpha value is -2.52. The second kappa shape index (κ2) is 9.11. The van der Waals surface area contributed by atoms with E-state index >= 15 is 0 Å². The Morgan fingerprint density at radius 1 is 1.32 bits per heavy atom. The summed E-state index contributed by atoms with van der Waals surface area (Å²) in [5.74, 6) is -0.552. The quantitative estimate of drug-likeness (QED) is 0.583. The average molecular weight is 463 g/mol. The van der Waals surface area contributed by atoms with Gasteiger partial charge in [-0.15, -0.1) is 11.3 Å². The Morgan fingerprint density at radius 2 is 2.14 bits per heavy atom. The maximum absolute atomic E-state index is 12.6. The molecule has 0 saturated heterocycles. The van der Waals surface area contributed by atoms with Crippen LogP contribution in [0.4, 0.5) is 0 Å². The van der Waals surface area contributed by atoms with Crippen LogP contribution in [0.3, 0.4) is 0 Å². The minimum absolute atomic E-state index is 0.0536. The van der Waals surface area contributed by atoms with Crippen LogP contribution < -0.4 is 10.9 Å². The summed E-state index contributed by atoms with van der Waals surface area (Å²) in [4.78, 5) is 44.1. The third-order valence-electron chi connectivity index (χ3n) is 4.20. The SMILES string of the molecule is CCN(CC(=O)NCc1cccs1)C(=O)Cn1cnc2ccc(Br)cc2c1=O. The number of likely N-dealkylation sites (N-methyl/N-ethyl adjacent to an activating group) is 1. The molecule has 3 rings (SSSR count). The van der Waals surface area contributed by atoms with Gasteiger partial charge in [-0.2, -0.15) is 0 Å². The van der Waals surface area contributed by atoms with E-state index in [9.17, 15) is 14.4 Å². The fourth-order valence-electron chi connectivity index (χ4n) is 2.69. The summed E-state index contributed by atoms with van der Waals surface area (Å²) >= 11 is 4.90. The van der Waals surface area contributed by atoms with E-state index < -0.39 is 0 Å². The number of thiophene rings is 1. The first-order valence-electron chi connectivity index (χ1n) is 8.69. The number of amides is 2. The summed E-state index contributed by atoms with van der Waals surface area (Å²) in [6.45, 7) is 2.38. The Kier molecular flexibility index (Phi) is 6.58. The summed E-state index contributed by atoms with van der Waals surface area (Å²) < 4.78 is 2.03. The molecule has 0 aliphatic rings. The van der Waals surface area contributed by atoms with Crippen LogP contribution in [-0.4, -0.2) is 39.4 Å². The summed E-state index contributed by atoms with van der Waals surface area (Å²) in [5.41, 5.74) is 0.273. The van der Waals surface area contributed by atoms with E-state index in [1.807, 2.05) is 17.5 Å². The molecular formula is C19H19BrN4O3S. The van der Waals surface area contributed by atoms with Gasteiger partial charge in [0.05, 0.1) is 30.3 Å². The first-order valence-corrected chi connectivity index (χ1v) is 10.4. The van der Waals surface area contributed by atoms with Crippen molar-refractivity contribution < 1.29 is 9.59 Å². The Balaban J connectivity index is 1.66. The normalized spacial score (nSPS) is 10.8. The van der Waals surface area contributed by atoms with Crippen LogP contribution in [0.5, 0.6) is 0 Å². The zero-order valence-electron chi connectivity index (χ0n) is 15.2. The van der Waals surface area contributed by atoms with Gasteiger partial charge >= 0.3 is 0 Å². The average Bonchev–Trinajstić information content (AvgIpc) is 3.20. The Morgan fingerprint density at radius 3 is 2.86 bits per heavy atom. The predicted octanol–water partition coefficient (Wildman–Crippen LogP) is 2.39. The van der Waals surface area contributed by atoms with Gasteiger partial charge in [-0.1, -0.05) is 22.0 Å². The maximum atomic E-state index is 12.6.